The van der Waals surface area contributed by atoms with Crippen LogP contribution in [-0.2, 0) is 16.0 Å². The lowest BCUT2D eigenvalue weighted by atomic mass is 10.1. The molecule has 1 heterocycles. The van der Waals surface area contributed by atoms with Crippen LogP contribution >= 0.6 is 12.4 Å². The maximum Gasteiger partial charge on any atom is 0.222 e. The van der Waals surface area contributed by atoms with Crippen molar-refractivity contribution in [3.8, 4) is 0 Å². The van der Waals surface area contributed by atoms with Crippen LogP contribution in [0.4, 0.5) is 0 Å². The molecule has 2 rings (SSSR count). The molecule has 23 heavy (non-hydrogen) atoms. The van der Waals surface area contributed by atoms with Crippen LogP contribution in [-0.4, -0.2) is 49.4 Å². The summed E-state index contributed by atoms with van der Waals surface area (Å²) in [6.45, 7) is 2.06. The van der Waals surface area contributed by atoms with E-state index in [0.29, 0.717) is 25.9 Å². The molecule has 2 amide bonds. The van der Waals surface area contributed by atoms with E-state index in [1.54, 1.807) is 0 Å². The van der Waals surface area contributed by atoms with E-state index < -0.39 is 0 Å². The SMILES string of the molecule is CNCCC(=O)NC1CCN(C(=O)CCc2ccccc2)C1.Cl. The van der Waals surface area contributed by atoms with Crippen LogP contribution in [0.3, 0.4) is 0 Å². The first-order chi connectivity index (χ1) is 10.7. The Balaban J connectivity index is 0.00000264. The van der Waals surface area contributed by atoms with Crippen LogP contribution < -0.4 is 10.6 Å². The molecule has 1 aromatic carbocycles. The van der Waals surface area contributed by atoms with Gasteiger partial charge in [-0.1, -0.05) is 30.3 Å². The van der Waals surface area contributed by atoms with Crippen LogP contribution in [0.1, 0.15) is 24.8 Å². The summed E-state index contributed by atoms with van der Waals surface area (Å²) in [7, 11) is 1.83. The Kier molecular flexibility index (Phi) is 8.66. The van der Waals surface area contributed by atoms with E-state index >= 15 is 0 Å². The van der Waals surface area contributed by atoms with Crippen LogP contribution in [0.15, 0.2) is 30.3 Å². The zero-order chi connectivity index (χ0) is 15.8. The number of nitrogens with zero attached hydrogens (tertiary/aromatic N) is 1. The predicted molar refractivity (Wildman–Crippen MR) is 93.7 cm³/mol. The van der Waals surface area contributed by atoms with Gasteiger partial charge in [-0.05, 0) is 25.5 Å². The van der Waals surface area contributed by atoms with E-state index in [0.717, 1.165) is 19.4 Å². The maximum absolute atomic E-state index is 12.2. The largest absolute Gasteiger partial charge is 0.351 e. The lowest BCUT2D eigenvalue weighted by molar-refractivity contribution is -0.130. The molecule has 0 aromatic heterocycles. The van der Waals surface area contributed by atoms with Gasteiger partial charge in [0, 0.05) is 38.5 Å². The average molecular weight is 340 g/mol. The lowest BCUT2D eigenvalue weighted by Gasteiger charge is -2.17. The summed E-state index contributed by atoms with van der Waals surface area (Å²) >= 11 is 0. The quantitative estimate of drug-likeness (QED) is 0.788. The van der Waals surface area contributed by atoms with Gasteiger partial charge in [0.25, 0.3) is 0 Å². The summed E-state index contributed by atoms with van der Waals surface area (Å²) in [6.07, 6.45) is 2.64. The first kappa shape index (κ1) is 19.5. The van der Waals surface area contributed by atoms with Gasteiger partial charge in [-0.15, -0.1) is 12.4 Å². The number of likely N-dealkylation sites (tertiary alicyclic amines) is 1. The second kappa shape index (κ2) is 10.2. The molecule has 1 aliphatic rings. The van der Waals surface area contributed by atoms with Crippen molar-refractivity contribution in [2.45, 2.75) is 31.7 Å². The first-order valence-corrected chi connectivity index (χ1v) is 7.94. The van der Waals surface area contributed by atoms with E-state index in [4.69, 9.17) is 0 Å². The number of benzene rings is 1. The molecule has 5 nitrogen and oxygen atoms in total. The molecule has 0 radical (unpaired) electrons. The highest BCUT2D eigenvalue weighted by Gasteiger charge is 2.26. The molecule has 128 valence electrons. The predicted octanol–water partition coefficient (Wildman–Crippen LogP) is 1.37. The number of rotatable bonds is 7. The summed E-state index contributed by atoms with van der Waals surface area (Å²) in [5, 5.41) is 5.96. The standard InChI is InChI=1S/C17H25N3O2.ClH/c1-18-11-9-16(21)19-15-10-12-20(13-15)17(22)8-7-14-5-3-2-4-6-14;/h2-6,15,18H,7-13H2,1H3,(H,19,21);1H. The van der Waals surface area contributed by atoms with Gasteiger partial charge in [-0.2, -0.15) is 0 Å². The molecular formula is C17H26ClN3O2. The third-order valence-electron chi connectivity index (χ3n) is 3.98. The van der Waals surface area contributed by atoms with Gasteiger partial charge in [0.15, 0.2) is 0 Å². The fraction of sp³-hybridized carbons (Fsp3) is 0.529. The van der Waals surface area contributed by atoms with Crippen LogP contribution in [0.25, 0.3) is 0 Å². The summed E-state index contributed by atoms with van der Waals surface area (Å²) in [5.41, 5.74) is 1.19. The molecule has 0 bridgehead atoms. The van der Waals surface area contributed by atoms with Crippen LogP contribution in [0, 0.1) is 0 Å². The topological polar surface area (TPSA) is 61.4 Å². The van der Waals surface area contributed by atoms with Gasteiger partial charge >= 0.3 is 0 Å². The third-order valence-corrected chi connectivity index (χ3v) is 3.98. The Morgan fingerprint density at radius 3 is 2.65 bits per heavy atom. The minimum atomic E-state index is 0. The average Bonchev–Trinajstić information content (AvgIpc) is 3.00. The number of aryl methyl sites for hydroxylation is 1. The Hall–Kier alpha value is -1.59. The molecule has 0 aliphatic carbocycles. The maximum atomic E-state index is 12.2. The van der Waals surface area contributed by atoms with Crippen molar-refractivity contribution in [2.24, 2.45) is 0 Å². The van der Waals surface area contributed by atoms with Gasteiger partial charge in [0.05, 0.1) is 0 Å². The van der Waals surface area contributed by atoms with E-state index in [2.05, 4.69) is 10.6 Å². The van der Waals surface area contributed by atoms with E-state index in [9.17, 15) is 9.59 Å². The van der Waals surface area contributed by atoms with E-state index in [1.165, 1.54) is 5.56 Å². The molecule has 1 aromatic rings. The molecule has 1 atom stereocenters. The molecular weight excluding hydrogens is 314 g/mol. The van der Waals surface area contributed by atoms with Crippen molar-refractivity contribution in [3.63, 3.8) is 0 Å². The van der Waals surface area contributed by atoms with Crippen LogP contribution in [0.2, 0.25) is 0 Å². The number of amides is 2. The minimum Gasteiger partial charge on any atom is -0.351 e. The van der Waals surface area contributed by atoms with Crippen molar-refractivity contribution in [2.75, 3.05) is 26.7 Å². The van der Waals surface area contributed by atoms with Gasteiger partial charge < -0.3 is 15.5 Å². The molecule has 1 aliphatic heterocycles. The second-order valence-corrected chi connectivity index (χ2v) is 5.73. The van der Waals surface area contributed by atoms with Crippen molar-refractivity contribution < 1.29 is 9.59 Å². The Labute approximate surface area is 144 Å². The number of carbonyl (C=O) groups excluding carboxylic acids is 2. The van der Waals surface area contributed by atoms with Gasteiger partial charge in [-0.3, -0.25) is 9.59 Å². The Bertz CT molecular complexity index is 496. The Morgan fingerprint density at radius 2 is 1.96 bits per heavy atom. The highest BCUT2D eigenvalue weighted by Crippen LogP contribution is 2.12. The number of hydrogen-bond acceptors (Lipinski definition) is 3. The van der Waals surface area contributed by atoms with Crippen molar-refractivity contribution in [3.05, 3.63) is 35.9 Å². The van der Waals surface area contributed by atoms with E-state index in [1.807, 2.05) is 42.3 Å². The highest BCUT2D eigenvalue weighted by molar-refractivity contribution is 5.85. The molecule has 1 saturated heterocycles. The summed E-state index contributed by atoms with van der Waals surface area (Å²) in [6, 6.07) is 10.2. The van der Waals surface area contributed by atoms with Crippen LogP contribution in [0.5, 0.6) is 0 Å². The first-order valence-electron chi connectivity index (χ1n) is 7.94. The normalized spacial score (nSPS) is 16.7. The zero-order valence-electron chi connectivity index (χ0n) is 13.6. The fourth-order valence-electron chi connectivity index (χ4n) is 2.70. The van der Waals surface area contributed by atoms with Gasteiger partial charge in [0.2, 0.25) is 11.8 Å². The number of carbonyl (C=O) groups is 2. The number of nitrogens with one attached hydrogen (secondary N) is 2. The number of hydrogen-bond donors (Lipinski definition) is 2. The second-order valence-electron chi connectivity index (χ2n) is 5.73. The molecule has 1 fully saturated rings. The third kappa shape index (κ3) is 6.59. The van der Waals surface area contributed by atoms with E-state index in [-0.39, 0.29) is 30.3 Å². The molecule has 1 unspecified atom stereocenters. The monoisotopic (exact) mass is 339 g/mol. The summed E-state index contributed by atoms with van der Waals surface area (Å²) < 4.78 is 0. The summed E-state index contributed by atoms with van der Waals surface area (Å²) in [4.78, 5) is 25.8. The highest BCUT2D eigenvalue weighted by atomic mass is 35.5. The summed E-state index contributed by atoms with van der Waals surface area (Å²) in [5.74, 6) is 0.230. The van der Waals surface area contributed by atoms with Crippen molar-refractivity contribution in [1.82, 2.24) is 15.5 Å². The lowest BCUT2D eigenvalue weighted by Crippen LogP contribution is -2.39. The van der Waals surface area contributed by atoms with Gasteiger partial charge in [0.1, 0.15) is 0 Å². The molecule has 0 saturated carbocycles. The molecule has 6 heteroatoms. The smallest absolute Gasteiger partial charge is 0.222 e. The van der Waals surface area contributed by atoms with Crippen molar-refractivity contribution >= 4 is 24.2 Å². The molecule has 2 N–H and O–H groups in total. The number of halogens is 1. The fourth-order valence-corrected chi connectivity index (χ4v) is 2.70. The van der Waals surface area contributed by atoms with Crippen molar-refractivity contribution in [1.29, 1.82) is 0 Å². The Morgan fingerprint density at radius 1 is 1.22 bits per heavy atom. The molecule has 0 spiro atoms. The van der Waals surface area contributed by atoms with Gasteiger partial charge in [-0.25, -0.2) is 0 Å². The minimum absolute atomic E-state index is 0. The zero-order valence-corrected chi connectivity index (χ0v) is 14.4.